The van der Waals surface area contributed by atoms with Crippen molar-refractivity contribution in [3.05, 3.63) is 58.7 Å². The number of hydrogen-bond acceptors (Lipinski definition) is 9. The third kappa shape index (κ3) is 3.74. The van der Waals surface area contributed by atoms with Gasteiger partial charge in [0, 0.05) is 6.21 Å². The van der Waals surface area contributed by atoms with Crippen molar-refractivity contribution in [3.8, 4) is 0 Å². The van der Waals surface area contributed by atoms with Crippen molar-refractivity contribution < 1.29 is 20.1 Å². The standard InChI is InChI=1S/C19H20N6O5/c26-9-12-14(27)15(28)18(30-12)25-16-13(17(29)21-10-20-16)23-19(25)24-22-8-4-7-11-5-2-1-3-6-11/h1-8,10,12,14-15,18,26-28H,9H2,(H,23,24)(H,20,21,29)/b7-4+,22-8-/t12-,14-,15-,18-/m1/s1. The normalized spacial score (nSPS) is 24.4. The first kappa shape index (κ1) is 19.9. The average Bonchev–Trinajstić information content (AvgIpc) is 3.26. The number of imidazole rings is 1. The van der Waals surface area contributed by atoms with Gasteiger partial charge in [0.1, 0.15) is 18.3 Å². The summed E-state index contributed by atoms with van der Waals surface area (Å²) in [7, 11) is 0. The van der Waals surface area contributed by atoms with Crippen LogP contribution in [0.1, 0.15) is 11.8 Å². The Morgan fingerprint density at radius 2 is 2.07 bits per heavy atom. The van der Waals surface area contributed by atoms with Crippen LogP contribution in [0.3, 0.4) is 0 Å². The van der Waals surface area contributed by atoms with Gasteiger partial charge in [-0.25, -0.2) is 15.4 Å². The highest BCUT2D eigenvalue weighted by molar-refractivity contribution is 5.79. The lowest BCUT2D eigenvalue weighted by atomic mass is 10.1. The Morgan fingerprint density at radius 3 is 2.80 bits per heavy atom. The van der Waals surface area contributed by atoms with Gasteiger partial charge in [-0.05, 0) is 11.6 Å². The number of allylic oxidation sites excluding steroid dienone is 1. The maximum Gasteiger partial charge on any atom is 0.278 e. The topological polar surface area (TPSA) is 158 Å². The molecule has 0 unspecified atom stereocenters. The molecule has 0 amide bonds. The van der Waals surface area contributed by atoms with E-state index in [0.717, 1.165) is 5.56 Å². The van der Waals surface area contributed by atoms with Crippen molar-refractivity contribution in [1.82, 2.24) is 19.5 Å². The van der Waals surface area contributed by atoms with E-state index in [0.29, 0.717) is 0 Å². The van der Waals surface area contributed by atoms with Crippen LogP contribution in [-0.4, -0.2) is 66.0 Å². The molecule has 2 aromatic heterocycles. The first-order valence-electron chi connectivity index (χ1n) is 9.19. The van der Waals surface area contributed by atoms with Crippen molar-refractivity contribution in [2.24, 2.45) is 5.10 Å². The van der Waals surface area contributed by atoms with Crippen LogP contribution in [0.2, 0.25) is 0 Å². The van der Waals surface area contributed by atoms with Gasteiger partial charge in [-0.3, -0.25) is 9.36 Å². The minimum absolute atomic E-state index is 0.00719. The third-order valence-electron chi connectivity index (χ3n) is 4.67. The number of hydrogen-bond donors (Lipinski definition) is 5. The molecular weight excluding hydrogens is 392 g/mol. The fourth-order valence-electron chi connectivity index (χ4n) is 3.19. The van der Waals surface area contributed by atoms with Gasteiger partial charge in [-0.15, -0.1) is 0 Å². The van der Waals surface area contributed by atoms with E-state index in [2.05, 4.69) is 25.5 Å². The number of aliphatic hydroxyl groups is 3. The molecule has 156 valence electrons. The Hall–Kier alpha value is -3.38. The molecule has 4 atom stereocenters. The van der Waals surface area contributed by atoms with Gasteiger partial charge in [0.15, 0.2) is 17.4 Å². The Bertz CT molecular complexity index is 1130. The Kier molecular flexibility index (Phi) is 5.68. The van der Waals surface area contributed by atoms with E-state index in [-0.39, 0.29) is 17.1 Å². The number of fused-ring (bicyclic) bond motifs is 1. The van der Waals surface area contributed by atoms with Crippen LogP contribution in [0.25, 0.3) is 17.2 Å². The number of rotatable bonds is 6. The van der Waals surface area contributed by atoms with Gasteiger partial charge in [0.25, 0.3) is 5.56 Å². The van der Waals surface area contributed by atoms with Crippen LogP contribution in [0.4, 0.5) is 5.95 Å². The lowest BCUT2D eigenvalue weighted by Gasteiger charge is -2.18. The predicted octanol–water partition coefficient (Wildman–Crippen LogP) is -0.158. The molecule has 0 spiro atoms. The van der Waals surface area contributed by atoms with Crippen molar-refractivity contribution in [1.29, 1.82) is 0 Å². The van der Waals surface area contributed by atoms with Crippen LogP contribution in [0.5, 0.6) is 0 Å². The smallest absolute Gasteiger partial charge is 0.278 e. The number of nitrogens with one attached hydrogen (secondary N) is 2. The number of H-pyrrole nitrogens is 1. The van der Waals surface area contributed by atoms with Crippen molar-refractivity contribution in [3.63, 3.8) is 0 Å². The summed E-state index contributed by atoms with van der Waals surface area (Å²) in [5.74, 6) is 0.0772. The Labute approximate surface area is 170 Å². The SMILES string of the molecule is O=c1[nH]cnc2c1nc(N/N=C\C=C\c1ccccc1)n2[C@@H]1O[C@H](CO)[C@@H](O)[C@H]1O. The summed E-state index contributed by atoms with van der Waals surface area (Å²) in [5, 5.41) is 33.9. The summed E-state index contributed by atoms with van der Waals surface area (Å²) in [4.78, 5) is 22.8. The molecule has 1 saturated heterocycles. The van der Waals surface area contributed by atoms with E-state index >= 15 is 0 Å². The number of aromatic amines is 1. The zero-order chi connectivity index (χ0) is 21.1. The number of aliphatic hydroxyl groups excluding tert-OH is 3. The molecule has 0 saturated carbocycles. The van der Waals surface area contributed by atoms with Crippen molar-refractivity contribution >= 4 is 29.4 Å². The van der Waals surface area contributed by atoms with E-state index in [1.807, 2.05) is 36.4 Å². The maximum absolute atomic E-state index is 12.1. The second kappa shape index (κ2) is 8.55. The zero-order valence-electron chi connectivity index (χ0n) is 15.7. The molecule has 3 heterocycles. The van der Waals surface area contributed by atoms with E-state index in [1.165, 1.54) is 17.1 Å². The van der Waals surface area contributed by atoms with E-state index in [9.17, 15) is 20.1 Å². The predicted molar refractivity (Wildman–Crippen MR) is 109 cm³/mol. The maximum atomic E-state index is 12.1. The van der Waals surface area contributed by atoms with Crippen LogP contribution >= 0.6 is 0 Å². The number of anilines is 1. The summed E-state index contributed by atoms with van der Waals surface area (Å²) >= 11 is 0. The van der Waals surface area contributed by atoms with Gasteiger partial charge < -0.3 is 25.0 Å². The summed E-state index contributed by atoms with van der Waals surface area (Å²) < 4.78 is 6.89. The molecule has 1 aromatic carbocycles. The van der Waals surface area contributed by atoms with Crippen LogP contribution in [0.15, 0.2) is 52.6 Å². The molecule has 30 heavy (non-hydrogen) atoms. The number of benzene rings is 1. The summed E-state index contributed by atoms with van der Waals surface area (Å²) in [6, 6.07) is 9.64. The Morgan fingerprint density at radius 1 is 1.27 bits per heavy atom. The van der Waals surface area contributed by atoms with Gasteiger partial charge in [0.05, 0.1) is 12.9 Å². The zero-order valence-corrected chi connectivity index (χ0v) is 15.7. The number of aromatic nitrogens is 4. The molecular formula is C19H20N6O5. The average molecular weight is 412 g/mol. The van der Waals surface area contributed by atoms with E-state index < -0.39 is 36.7 Å². The van der Waals surface area contributed by atoms with Crippen LogP contribution in [0, 0.1) is 0 Å². The van der Waals surface area contributed by atoms with Gasteiger partial charge >= 0.3 is 0 Å². The summed E-state index contributed by atoms with van der Waals surface area (Å²) in [6.07, 6.45) is 1.45. The van der Waals surface area contributed by atoms with Gasteiger partial charge in [-0.1, -0.05) is 36.4 Å². The molecule has 1 fully saturated rings. The lowest BCUT2D eigenvalue weighted by molar-refractivity contribution is -0.0501. The third-order valence-corrected chi connectivity index (χ3v) is 4.67. The Balaban J connectivity index is 1.64. The number of hydrazone groups is 1. The fourth-order valence-corrected chi connectivity index (χ4v) is 3.19. The molecule has 0 radical (unpaired) electrons. The van der Waals surface area contributed by atoms with Crippen LogP contribution in [-0.2, 0) is 4.74 Å². The molecule has 5 N–H and O–H groups in total. The minimum atomic E-state index is -1.37. The summed E-state index contributed by atoms with van der Waals surface area (Å²) in [6.45, 7) is -0.486. The largest absolute Gasteiger partial charge is 0.394 e. The van der Waals surface area contributed by atoms with Gasteiger partial charge in [-0.2, -0.15) is 5.10 Å². The molecule has 0 bridgehead atoms. The number of ether oxygens (including phenoxy) is 1. The molecule has 11 nitrogen and oxygen atoms in total. The summed E-state index contributed by atoms with van der Waals surface area (Å²) in [5.41, 5.74) is 3.36. The van der Waals surface area contributed by atoms with E-state index in [1.54, 1.807) is 6.08 Å². The highest BCUT2D eigenvalue weighted by Crippen LogP contribution is 2.33. The van der Waals surface area contributed by atoms with E-state index in [4.69, 9.17) is 4.74 Å². The van der Waals surface area contributed by atoms with Gasteiger partial charge in [0.2, 0.25) is 5.95 Å². The lowest BCUT2D eigenvalue weighted by Crippen LogP contribution is -2.33. The molecule has 1 aliphatic heterocycles. The number of nitrogens with zero attached hydrogens (tertiary/aromatic N) is 4. The fraction of sp³-hybridized carbons (Fsp3) is 0.263. The molecule has 4 rings (SSSR count). The molecule has 3 aromatic rings. The molecule has 11 heteroatoms. The second-order valence-electron chi connectivity index (χ2n) is 6.60. The van der Waals surface area contributed by atoms with Crippen molar-refractivity contribution in [2.45, 2.75) is 24.5 Å². The van der Waals surface area contributed by atoms with Crippen molar-refractivity contribution in [2.75, 3.05) is 12.0 Å². The monoisotopic (exact) mass is 412 g/mol. The first-order chi connectivity index (χ1) is 14.6. The molecule has 1 aliphatic rings. The second-order valence-corrected chi connectivity index (χ2v) is 6.60. The highest BCUT2D eigenvalue weighted by Gasteiger charge is 2.45. The van der Waals surface area contributed by atoms with Crippen LogP contribution < -0.4 is 11.0 Å². The highest BCUT2D eigenvalue weighted by atomic mass is 16.6. The molecule has 0 aliphatic carbocycles. The minimum Gasteiger partial charge on any atom is -0.394 e. The first-order valence-corrected chi connectivity index (χ1v) is 9.19. The quantitative estimate of drug-likeness (QED) is 0.276.